The molecule has 2 aliphatic rings. The summed E-state index contributed by atoms with van der Waals surface area (Å²) in [7, 11) is 0. The number of alkyl halides is 6. The number of nitrogens with zero attached hydrogens (tertiary/aromatic N) is 2. The Bertz CT molecular complexity index is 758. The Hall–Kier alpha value is -1.68. The van der Waals surface area contributed by atoms with Crippen molar-refractivity contribution in [3.63, 3.8) is 0 Å². The van der Waals surface area contributed by atoms with Crippen LogP contribution in [-0.4, -0.2) is 60.5 Å². The van der Waals surface area contributed by atoms with Gasteiger partial charge in [-0.1, -0.05) is 30.5 Å². The molecule has 1 aliphatic heterocycles. The molecule has 1 aliphatic carbocycles. The number of rotatable bonds is 4. The number of hydrogen-bond donors (Lipinski definition) is 0. The maximum absolute atomic E-state index is 12.6. The Balaban J connectivity index is 1.58. The van der Waals surface area contributed by atoms with E-state index in [4.69, 9.17) is 11.6 Å². The average molecular weight is 473 g/mol. The summed E-state index contributed by atoms with van der Waals surface area (Å²) in [5, 5.41) is 0.655. The molecule has 0 bridgehead atoms. The second-order valence-electron chi connectivity index (χ2n) is 7.93. The van der Waals surface area contributed by atoms with Crippen molar-refractivity contribution in [2.75, 3.05) is 26.2 Å². The molecule has 3 rings (SSSR count). The van der Waals surface area contributed by atoms with Gasteiger partial charge in [0.05, 0.1) is 0 Å². The molecular formula is C20H23ClF6N2O2. The van der Waals surface area contributed by atoms with Crippen LogP contribution in [0.3, 0.4) is 0 Å². The second-order valence-corrected chi connectivity index (χ2v) is 8.37. The largest absolute Gasteiger partial charge is 0.434 e. The zero-order valence-electron chi connectivity index (χ0n) is 16.6. The van der Waals surface area contributed by atoms with E-state index in [1.165, 1.54) is 5.56 Å². The predicted octanol–water partition coefficient (Wildman–Crippen LogP) is 5.75. The first-order valence-electron chi connectivity index (χ1n) is 10.0. The minimum Gasteiger partial charge on any atom is -0.426 e. The molecule has 11 heteroatoms. The molecule has 1 aromatic carbocycles. The maximum Gasteiger partial charge on any atom is 0.434 e. The normalized spacial score (nSPS) is 19.3. The van der Waals surface area contributed by atoms with E-state index in [2.05, 4.69) is 4.74 Å². The van der Waals surface area contributed by atoms with E-state index in [1.54, 1.807) is 6.07 Å². The summed E-state index contributed by atoms with van der Waals surface area (Å²) in [6, 6.07) is 5.72. The molecule has 1 amide bonds. The molecule has 2 fully saturated rings. The molecule has 174 valence electrons. The lowest BCUT2D eigenvalue weighted by molar-refractivity contribution is -0.308. The van der Waals surface area contributed by atoms with Crippen molar-refractivity contribution in [1.82, 2.24) is 9.80 Å². The van der Waals surface area contributed by atoms with Gasteiger partial charge < -0.3 is 9.64 Å². The van der Waals surface area contributed by atoms with Crippen molar-refractivity contribution < 1.29 is 35.9 Å². The van der Waals surface area contributed by atoms with Gasteiger partial charge in [-0.25, -0.2) is 4.79 Å². The van der Waals surface area contributed by atoms with Crippen molar-refractivity contribution >= 4 is 17.7 Å². The summed E-state index contributed by atoms with van der Waals surface area (Å²) < 4.78 is 79.4. The first kappa shape index (κ1) is 24.0. The van der Waals surface area contributed by atoms with Crippen LogP contribution in [0.25, 0.3) is 0 Å². The van der Waals surface area contributed by atoms with E-state index >= 15 is 0 Å². The highest BCUT2D eigenvalue weighted by molar-refractivity contribution is 6.30. The van der Waals surface area contributed by atoms with Gasteiger partial charge in [0.25, 0.3) is 6.10 Å². The zero-order valence-corrected chi connectivity index (χ0v) is 17.4. The van der Waals surface area contributed by atoms with E-state index in [9.17, 15) is 31.1 Å². The molecular weight excluding hydrogens is 450 g/mol. The highest BCUT2D eigenvalue weighted by Gasteiger charge is 2.60. The number of hydrogen-bond acceptors (Lipinski definition) is 3. The lowest BCUT2D eigenvalue weighted by Gasteiger charge is -2.35. The number of ether oxygens (including phenoxy) is 1. The van der Waals surface area contributed by atoms with Crippen LogP contribution in [-0.2, 0) is 11.3 Å². The van der Waals surface area contributed by atoms with Crippen molar-refractivity contribution in [2.24, 2.45) is 0 Å². The lowest BCUT2D eigenvalue weighted by Crippen LogP contribution is -2.52. The monoisotopic (exact) mass is 472 g/mol. The predicted molar refractivity (Wildman–Crippen MR) is 102 cm³/mol. The zero-order chi connectivity index (χ0) is 22.8. The molecule has 0 unspecified atom stereocenters. The maximum atomic E-state index is 12.6. The number of halogens is 7. The minimum atomic E-state index is -5.72. The van der Waals surface area contributed by atoms with Crippen molar-refractivity contribution in [3.8, 4) is 0 Å². The Labute approximate surface area is 181 Å². The Morgan fingerprint density at radius 1 is 1.03 bits per heavy atom. The van der Waals surface area contributed by atoms with Crippen LogP contribution in [0.5, 0.6) is 0 Å². The fourth-order valence-electron chi connectivity index (χ4n) is 4.15. The van der Waals surface area contributed by atoms with Crippen LogP contribution >= 0.6 is 11.6 Å². The third-order valence-corrected chi connectivity index (χ3v) is 5.98. The van der Waals surface area contributed by atoms with Crippen LogP contribution in [0.1, 0.15) is 42.7 Å². The topological polar surface area (TPSA) is 32.8 Å². The molecule has 0 N–H and O–H groups in total. The van der Waals surface area contributed by atoms with Gasteiger partial charge in [-0.3, -0.25) is 4.90 Å². The molecule has 0 radical (unpaired) electrons. The van der Waals surface area contributed by atoms with E-state index in [1.807, 2.05) is 17.0 Å². The van der Waals surface area contributed by atoms with Crippen molar-refractivity contribution in [3.05, 3.63) is 34.3 Å². The SMILES string of the molecule is O=C(OC(C(F)(F)F)C(F)(F)F)N1CCN(Cc2ccc(Cl)cc2C2CCCC2)CC1. The third kappa shape index (κ3) is 6.19. The van der Waals surface area contributed by atoms with Gasteiger partial charge in [-0.2, -0.15) is 26.3 Å². The number of carbonyl (C=O) groups is 1. The number of amides is 1. The average Bonchev–Trinajstić information content (AvgIpc) is 3.20. The van der Waals surface area contributed by atoms with Crippen molar-refractivity contribution in [2.45, 2.75) is 56.6 Å². The minimum absolute atomic E-state index is 0.0202. The number of benzene rings is 1. The van der Waals surface area contributed by atoms with Gasteiger partial charge in [0, 0.05) is 37.7 Å². The van der Waals surface area contributed by atoms with Gasteiger partial charge >= 0.3 is 18.4 Å². The fraction of sp³-hybridized carbons (Fsp3) is 0.650. The van der Waals surface area contributed by atoms with Crippen LogP contribution in [0.2, 0.25) is 5.02 Å². The highest BCUT2D eigenvalue weighted by Crippen LogP contribution is 2.38. The summed E-state index contributed by atoms with van der Waals surface area (Å²) in [5.74, 6) is 0.437. The molecule has 1 aromatic rings. The summed E-state index contributed by atoms with van der Waals surface area (Å²) in [5.41, 5.74) is 2.28. The quantitative estimate of drug-likeness (QED) is 0.523. The standard InChI is InChI=1S/C20H23ClF6N2O2/c21-15-6-5-14(16(11-15)13-3-1-2-4-13)12-28-7-9-29(10-8-28)18(30)31-17(19(22,23)24)20(25,26)27/h5-6,11,13,17H,1-4,7-10,12H2. The summed E-state index contributed by atoms with van der Waals surface area (Å²) in [6.07, 6.45) is -12.7. The second kappa shape index (κ2) is 9.44. The van der Waals surface area contributed by atoms with Gasteiger partial charge in [-0.05, 0) is 42.0 Å². The Morgan fingerprint density at radius 2 is 1.61 bits per heavy atom. The van der Waals surface area contributed by atoms with Gasteiger partial charge in [0.15, 0.2) is 0 Å². The van der Waals surface area contributed by atoms with E-state index in [-0.39, 0.29) is 13.1 Å². The number of carbonyl (C=O) groups excluding carboxylic acids is 1. The number of piperazine rings is 1. The van der Waals surface area contributed by atoms with Gasteiger partial charge in [-0.15, -0.1) is 0 Å². The van der Waals surface area contributed by atoms with E-state index in [0.717, 1.165) is 36.1 Å². The van der Waals surface area contributed by atoms with Gasteiger partial charge in [0.1, 0.15) is 0 Å². The van der Waals surface area contributed by atoms with Crippen LogP contribution in [0, 0.1) is 0 Å². The fourth-order valence-corrected chi connectivity index (χ4v) is 4.33. The molecule has 4 nitrogen and oxygen atoms in total. The van der Waals surface area contributed by atoms with E-state index in [0.29, 0.717) is 30.6 Å². The highest BCUT2D eigenvalue weighted by atomic mass is 35.5. The molecule has 0 spiro atoms. The molecule has 0 atom stereocenters. The molecule has 0 aromatic heterocycles. The first-order chi connectivity index (χ1) is 14.4. The van der Waals surface area contributed by atoms with Gasteiger partial charge in [0.2, 0.25) is 0 Å². The van der Waals surface area contributed by atoms with Crippen LogP contribution < -0.4 is 0 Å². The molecule has 1 saturated carbocycles. The first-order valence-corrected chi connectivity index (χ1v) is 10.4. The summed E-state index contributed by atoms with van der Waals surface area (Å²) >= 11 is 6.17. The Morgan fingerprint density at radius 3 is 2.16 bits per heavy atom. The molecule has 31 heavy (non-hydrogen) atoms. The third-order valence-electron chi connectivity index (χ3n) is 5.74. The smallest absolute Gasteiger partial charge is 0.426 e. The molecule has 1 heterocycles. The van der Waals surface area contributed by atoms with E-state index < -0.39 is 24.5 Å². The Kier molecular flexibility index (Phi) is 7.30. The molecule has 1 saturated heterocycles. The van der Waals surface area contributed by atoms with Crippen LogP contribution in [0.4, 0.5) is 31.1 Å². The van der Waals surface area contributed by atoms with Crippen molar-refractivity contribution in [1.29, 1.82) is 0 Å². The lowest BCUT2D eigenvalue weighted by atomic mass is 9.92. The van der Waals surface area contributed by atoms with Crippen LogP contribution in [0.15, 0.2) is 18.2 Å². The summed E-state index contributed by atoms with van der Waals surface area (Å²) in [4.78, 5) is 14.8. The summed E-state index contributed by atoms with van der Waals surface area (Å²) in [6.45, 7) is 1.15.